The maximum absolute atomic E-state index is 12.2. The lowest BCUT2D eigenvalue weighted by Crippen LogP contribution is -2.10. The number of rotatable bonds is 4. The van der Waals surface area contributed by atoms with Crippen molar-refractivity contribution in [3.05, 3.63) is 58.4 Å². The Kier molecular flexibility index (Phi) is 3.84. The van der Waals surface area contributed by atoms with E-state index in [0.29, 0.717) is 15.4 Å². The molecule has 0 unspecified atom stereocenters. The molecule has 2 heterocycles. The molecule has 0 spiro atoms. The Balaban J connectivity index is 1.79. The van der Waals surface area contributed by atoms with E-state index < -0.39 is 0 Å². The van der Waals surface area contributed by atoms with Crippen LogP contribution in [0.5, 0.6) is 0 Å². The monoisotopic (exact) mass is 311 g/mol. The lowest BCUT2D eigenvalue weighted by Gasteiger charge is -2.05. The van der Waals surface area contributed by atoms with Crippen LogP contribution in [0.3, 0.4) is 0 Å². The lowest BCUT2D eigenvalue weighted by atomic mass is 10.1. The van der Waals surface area contributed by atoms with Crippen LogP contribution in [-0.2, 0) is 0 Å². The number of carbonyl (C=O) groups excluding carboxylic acids is 2. The number of aromatic amines is 1. The summed E-state index contributed by atoms with van der Waals surface area (Å²) in [6, 6.07) is 12.7. The number of thiophene rings is 1. The number of nitrogens with zero attached hydrogens (tertiary/aromatic N) is 1. The number of hydrogen-bond acceptors (Lipinski definition) is 4. The number of nitrogens with one attached hydrogen (secondary N) is 2. The van der Waals surface area contributed by atoms with Crippen LogP contribution in [0.25, 0.3) is 11.3 Å². The Morgan fingerprint density at radius 3 is 2.64 bits per heavy atom. The number of benzene rings is 1. The lowest BCUT2D eigenvalue weighted by molar-refractivity contribution is 0.101. The van der Waals surface area contributed by atoms with Gasteiger partial charge in [0.25, 0.3) is 5.91 Å². The molecule has 0 bridgehead atoms. The normalized spacial score (nSPS) is 10.4. The second kappa shape index (κ2) is 5.95. The van der Waals surface area contributed by atoms with Crippen molar-refractivity contribution in [1.82, 2.24) is 10.2 Å². The first-order valence-electron chi connectivity index (χ1n) is 6.65. The van der Waals surface area contributed by atoms with E-state index in [1.54, 1.807) is 18.3 Å². The van der Waals surface area contributed by atoms with Gasteiger partial charge in [-0.2, -0.15) is 5.10 Å². The molecule has 0 atom stereocenters. The number of aromatic nitrogens is 2. The van der Waals surface area contributed by atoms with Crippen molar-refractivity contribution >= 4 is 28.7 Å². The van der Waals surface area contributed by atoms with E-state index in [1.807, 2.05) is 30.3 Å². The first-order valence-corrected chi connectivity index (χ1v) is 7.47. The largest absolute Gasteiger partial charge is 0.321 e. The Labute approximate surface area is 131 Å². The molecule has 0 aliphatic carbocycles. The van der Waals surface area contributed by atoms with Gasteiger partial charge in [-0.1, -0.05) is 12.1 Å². The van der Waals surface area contributed by atoms with Crippen LogP contribution in [0.4, 0.5) is 5.69 Å². The zero-order valence-corrected chi connectivity index (χ0v) is 12.6. The van der Waals surface area contributed by atoms with E-state index in [2.05, 4.69) is 15.5 Å². The van der Waals surface area contributed by atoms with Gasteiger partial charge in [0.1, 0.15) is 0 Å². The molecule has 0 aliphatic rings. The van der Waals surface area contributed by atoms with E-state index in [0.717, 1.165) is 11.3 Å². The first-order chi connectivity index (χ1) is 10.6. The van der Waals surface area contributed by atoms with Gasteiger partial charge in [0.2, 0.25) is 0 Å². The highest BCUT2D eigenvalue weighted by molar-refractivity contribution is 7.16. The quantitative estimate of drug-likeness (QED) is 0.723. The Hall–Kier alpha value is -2.73. The van der Waals surface area contributed by atoms with Crippen LogP contribution in [0, 0.1) is 0 Å². The minimum atomic E-state index is -0.223. The summed E-state index contributed by atoms with van der Waals surface area (Å²) in [5.74, 6) is -0.260. The SMILES string of the molecule is CC(=O)c1ccc(C(=O)Nc2cccc(-c3ccn[nH]3)c2)s1. The fourth-order valence-electron chi connectivity index (χ4n) is 2.02. The summed E-state index contributed by atoms with van der Waals surface area (Å²) < 4.78 is 0. The van der Waals surface area contributed by atoms with Crippen LogP contribution in [0.2, 0.25) is 0 Å². The molecule has 0 saturated heterocycles. The van der Waals surface area contributed by atoms with Crippen molar-refractivity contribution in [2.24, 2.45) is 0 Å². The zero-order chi connectivity index (χ0) is 15.5. The van der Waals surface area contributed by atoms with Gasteiger partial charge in [-0.25, -0.2) is 0 Å². The zero-order valence-electron chi connectivity index (χ0n) is 11.8. The number of hydrogen-bond donors (Lipinski definition) is 2. The maximum Gasteiger partial charge on any atom is 0.265 e. The van der Waals surface area contributed by atoms with Gasteiger partial charge in [0.15, 0.2) is 5.78 Å². The molecule has 1 aromatic carbocycles. The van der Waals surface area contributed by atoms with Crippen molar-refractivity contribution in [3.63, 3.8) is 0 Å². The molecule has 5 nitrogen and oxygen atoms in total. The van der Waals surface area contributed by atoms with Gasteiger partial charge in [0, 0.05) is 17.4 Å². The van der Waals surface area contributed by atoms with Gasteiger partial charge in [-0.3, -0.25) is 14.7 Å². The minimum absolute atomic E-state index is 0.0368. The summed E-state index contributed by atoms with van der Waals surface area (Å²) in [5.41, 5.74) is 2.51. The average molecular weight is 311 g/mol. The highest BCUT2D eigenvalue weighted by Crippen LogP contribution is 2.22. The molecule has 3 aromatic rings. The summed E-state index contributed by atoms with van der Waals surface area (Å²) >= 11 is 1.19. The van der Waals surface area contributed by atoms with Gasteiger partial charge < -0.3 is 5.32 Å². The maximum atomic E-state index is 12.2. The van der Waals surface area contributed by atoms with E-state index in [-0.39, 0.29) is 11.7 Å². The summed E-state index contributed by atoms with van der Waals surface area (Å²) in [7, 11) is 0. The average Bonchev–Trinajstić information content (AvgIpc) is 3.19. The number of anilines is 1. The second-order valence-corrected chi connectivity index (χ2v) is 5.81. The van der Waals surface area contributed by atoms with Gasteiger partial charge in [-0.05, 0) is 37.3 Å². The molecule has 2 N–H and O–H groups in total. The second-order valence-electron chi connectivity index (χ2n) is 4.73. The summed E-state index contributed by atoms with van der Waals surface area (Å²) in [6.07, 6.45) is 1.68. The number of Topliss-reactive ketones (excluding diaryl/α,β-unsaturated/α-hetero) is 1. The summed E-state index contributed by atoms with van der Waals surface area (Å²) in [6.45, 7) is 1.49. The van der Waals surface area contributed by atoms with Crippen LogP contribution < -0.4 is 5.32 Å². The van der Waals surface area contributed by atoms with Crippen molar-refractivity contribution < 1.29 is 9.59 Å². The van der Waals surface area contributed by atoms with Gasteiger partial charge in [-0.15, -0.1) is 11.3 Å². The molecule has 110 valence electrons. The molecule has 6 heteroatoms. The fourth-order valence-corrected chi connectivity index (χ4v) is 2.82. The molecule has 0 aliphatic heterocycles. The molecule has 0 saturated carbocycles. The number of amides is 1. The summed E-state index contributed by atoms with van der Waals surface area (Å²) in [5, 5.41) is 9.64. The highest BCUT2D eigenvalue weighted by atomic mass is 32.1. The van der Waals surface area contributed by atoms with Crippen LogP contribution in [0.1, 0.15) is 26.3 Å². The molecule has 1 amide bonds. The fraction of sp³-hybridized carbons (Fsp3) is 0.0625. The minimum Gasteiger partial charge on any atom is -0.321 e. The van der Waals surface area contributed by atoms with E-state index >= 15 is 0 Å². The van der Waals surface area contributed by atoms with E-state index in [1.165, 1.54) is 18.3 Å². The predicted octanol–water partition coefficient (Wildman–Crippen LogP) is 3.59. The van der Waals surface area contributed by atoms with Gasteiger partial charge >= 0.3 is 0 Å². The van der Waals surface area contributed by atoms with Crippen LogP contribution in [-0.4, -0.2) is 21.9 Å². The Bertz CT molecular complexity index is 822. The van der Waals surface area contributed by atoms with Gasteiger partial charge in [0.05, 0.1) is 15.4 Å². The number of carbonyl (C=O) groups is 2. The topological polar surface area (TPSA) is 74.8 Å². The van der Waals surface area contributed by atoms with Crippen LogP contribution >= 0.6 is 11.3 Å². The number of ketones is 1. The summed E-state index contributed by atoms with van der Waals surface area (Å²) in [4.78, 5) is 24.6. The molecular formula is C16H13N3O2S. The first kappa shape index (κ1) is 14.2. The molecule has 2 aromatic heterocycles. The molecule has 22 heavy (non-hydrogen) atoms. The van der Waals surface area contributed by atoms with Crippen molar-refractivity contribution in [1.29, 1.82) is 0 Å². The standard InChI is InChI=1S/C16H13N3O2S/c1-10(20)14-5-6-15(22-14)16(21)18-12-4-2-3-11(9-12)13-7-8-17-19-13/h2-9H,1H3,(H,17,19)(H,18,21). The van der Waals surface area contributed by atoms with Crippen molar-refractivity contribution in [3.8, 4) is 11.3 Å². The van der Waals surface area contributed by atoms with Crippen LogP contribution in [0.15, 0.2) is 48.7 Å². The Morgan fingerprint density at radius 2 is 1.95 bits per heavy atom. The van der Waals surface area contributed by atoms with Crippen molar-refractivity contribution in [2.75, 3.05) is 5.32 Å². The smallest absolute Gasteiger partial charge is 0.265 e. The third-order valence-corrected chi connectivity index (χ3v) is 4.29. The highest BCUT2D eigenvalue weighted by Gasteiger charge is 2.12. The molecular weight excluding hydrogens is 298 g/mol. The number of H-pyrrole nitrogens is 1. The third-order valence-electron chi connectivity index (χ3n) is 3.11. The Morgan fingerprint density at radius 1 is 1.14 bits per heavy atom. The molecule has 0 radical (unpaired) electrons. The molecule has 0 fully saturated rings. The van der Waals surface area contributed by atoms with Crippen molar-refractivity contribution in [2.45, 2.75) is 6.92 Å². The third kappa shape index (κ3) is 2.96. The van der Waals surface area contributed by atoms with E-state index in [9.17, 15) is 9.59 Å². The molecule has 3 rings (SSSR count). The van der Waals surface area contributed by atoms with E-state index in [4.69, 9.17) is 0 Å². The predicted molar refractivity (Wildman–Crippen MR) is 86.3 cm³/mol.